The van der Waals surface area contributed by atoms with E-state index in [4.69, 9.17) is 5.73 Å². The lowest BCUT2D eigenvalue weighted by Crippen LogP contribution is -2.58. The number of aliphatic hydroxyl groups excluding tert-OH is 1. The van der Waals surface area contributed by atoms with Crippen molar-refractivity contribution in [1.29, 1.82) is 0 Å². The predicted molar refractivity (Wildman–Crippen MR) is 88.3 cm³/mol. The third-order valence-corrected chi connectivity index (χ3v) is 3.66. The summed E-state index contributed by atoms with van der Waals surface area (Å²) in [7, 11) is 0. The summed E-state index contributed by atoms with van der Waals surface area (Å²) in [5.74, 6) is -2.86. The molecule has 1 heterocycles. The zero-order valence-corrected chi connectivity index (χ0v) is 14.4. The second-order valence-corrected chi connectivity index (χ2v) is 6.18. The van der Waals surface area contributed by atoms with Gasteiger partial charge in [-0.3, -0.25) is 9.59 Å². The van der Waals surface area contributed by atoms with Crippen LogP contribution in [0.4, 0.5) is 0 Å². The maximum absolute atomic E-state index is 12.4. The van der Waals surface area contributed by atoms with Crippen LogP contribution >= 0.6 is 0 Å². The number of nitrogens with one attached hydrogen (secondary N) is 3. The summed E-state index contributed by atoms with van der Waals surface area (Å²) in [6.07, 6.45) is 1.81. The van der Waals surface area contributed by atoms with E-state index in [0.29, 0.717) is 5.69 Å². The zero-order valence-electron chi connectivity index (χ0n) is 14.4. The minimum atomic E-state index is -1.21. The van der Waals surface area contributed by atoms with Crippen LogP contribution in [0.5, 0.6) is 0 Å². The van der Waals surface area contributed by atoms with Crippen molar-refractivity contribution in [3.05, 3.63) is 18.2 Å². The van der Waals surface area contributed by atoms with Crippen molar-refractivity contribution >= 4 is 17.8 Å². The van der Waals surface area contributed by atoms with Crippen molar-refractivity contribution in [2.45, 2.75) is 51.4 Å². The Morgan fingerprint density at radius 1 is 1.24 bits per heavy atom. The topological polar surface area (TPSA) is 170 Å². The molecule has 2 amide bonds. The Kier molecular flexibility index (Phi) is 7.52. The number of nitrogens with two attached hydrogens (primary N) is 1. The molecule has 1 rings (SSSR count). The van der Waals surface area contributed by atoms with Gasteiger partial charge in [0.05, 0.1) is 12.4 Å². The number of H-pyrrole nitrogens is 1. The van der Waals surface area contributed by atoms with Gasteiger partial charge < -0.3 is 31.6 Å². The Morgan fingerprint density at radius 3 is 2.32 bits per heavy atom. The van der Waals surface area contributed by atoms with Crippen molar-refractivity contribution in [3.63, 3.8) is 0 Å². The van der Waals surface area contributed by atoms with E-state index in [1.165, 1.54) is 19.4 Å². The summed E-state index contributed by atoms with van der Waals surface area (Å²) in [6.45, 7) is 4.76. The fourth-order valence-electron chi connectivity index (χ4n) is 2.08. The molecule has 10 heteroatoms. The van der Waals surface area contributed by atoms with Crippen LogP contribution < -0.4 is 16.4 Å². The number of aliphatic carboxylic acids is 1. The molecule has 0 saturated heterocycles. The number of imidazole rings is 1. The molecule has 0 aliphatic rings. The number of carboxylic acid groups (broad SMARTS) is 1. The molecule has 0 fully saturated rings. The van der Waals surface area contributed by atoms with E-state index < -0.39 is 42.0 Å². The molecule has 10 nitrogen and oxygen atoms in total. The van der Waals surface area contributed by atoms with Crippen molar-refractivity contribution in [2.24, 2.45) is 11.7 Å². The highest BCUT2D eigenvalue weighted by Gasteiger charge is 2.31. The summed E-state index contributed by atoms with van der Waals surface area (Å²) in [4.78, 5) is 42.4. The van der Waals surface area contributed by atoms with Gasteiger partial charge in [0.25, 0.3) is 0 Å². The molecule has 1 aromatic heterocycles. The second-order valence-electron chi connectivity index (χ2n) is 6.18. The normalized spacial score (nSPS) is 15.9. The van der Waals surface area contributed by atoms with Crippen molar-refractivity contribution in [3.8, 4) is 0 Å². The number of aliphatic hydroxyl groups is 1. The van der Waals surface area contributed by atoms with Gasteiger partial charge in [0, 0.05) is 18.3 Å². The molecule has 0 radical (unpaired) electrons. The van der Waals surface area contributed by atoms with Gasteiger partial charge >= 0.3 is 5.97 Å². The fraction of sp³-hybridized carbons (Fsp3) is 0.600. The average molecular weight is 355 g/mol. The second kappa shape index (κ2) is 9.14. The minimum Gasteiger partial charge on any atom is -0.480 e. The standard InChI is InChI=1S/C15H25N5O5/c1-7(2)12(20-13(22)11(16)8(3)21)14(23)19-10(15(24)25)4-9-5-17-6-18-9/h5-8,10-12,21H,4,16H2,1-3H3,(H,17,18)(H,19,23)(H,20,22)(H,24,25)/t8-,10+,11+,12+/m1/s1. The van der Waals surface area contributed by atoms with Gasteiger partial charge in [-0.25, -0.2) is 9.78 Å². The van der Waals surface area contributed by atoms with Crippen LogP contribution in [0.1, 0.15) is 26.5 Å². The Balaban J connectivity index is 2.79. The largest absolute Gasteiger partial charge is 0.480 e. The number of carboxylic acids is 1. The lowest BCUT2D eigenvalue weighted by Gasteiger charge is -2.25. The molecule has 0 saturated carbocycles. The van der Waals surface area contributed by atoms with Crippen LogP contribution in [0, 0.1) is 5.92 Å². The number of amides is 2. The van der Waals surface area contributed by atoms with E-state index in [1.54, 1.807) is 13.8 Å². The number of hydrogen-bond acceptors (Lipinski definition) is 6. The SMILES string of the molecule is CC(C)[C@H](NC(=O)[C@@H](N)[C@@H](C)O)C(=O)N[C@@H](Cc1cnc[nH]1)C(=O)O. The van der Waals surface area contributed by atoms with Crippen molar-refractivity contribution in [1.82, 2.24) is 20.6 Å². The summed E-state index contributed by atoms with van der Waals surface area (Å²) in [6, 6.07) is -3.35. The number of rotatable bonds is 9. The van der Waals surface area contributed by atoms with E-state index in [-0.39, 0.29) is 12.3 Å². The summed E-state index contributed by atoms with van der Waals surface area (Å²) >= 11 is 0. The highest BCUT2D eigenvalue weighted by molar-refractivity contribution is 5.92. The quantitative estimate of drug-likeness (QED) is 0.309. The number of aromatic amines is 1. The number of hydrogen-bond donors (Lipinski definition) is 6. The third-order valence-electron chi connectivity index (χ3n) is 3.66. The van der Waals surface area contributed by atoms with Crippen molar-refractivity contribution < 1.29 is 24.6 Å². The summed E-state index contributed by atoms with van der Waals surface area (Å²) in [5.41, 5.74) is 6.10. The van der Waals surface area contributed by atoms with Crippen LogP contribution in [0.3, 0.4) is 0 Å². The fourth-order valence-corrected chi connectivity index (χ4v) is 2.08. The lowest BCUT2D eigenvalue weighted by atomic mass is 10.0. The summed E-state index contributed by atoms with van der Waals surface area (Å²) < 4.78 is 0. The Labute approximate surface area is 145 Å². The third kappa shape index (κ3) is 6.16. The van der Waals surface area contributed by atoms with Crippen LogP contribution in [-0.4, -0.2) is 62.2 Å². The molecule has 0 aromatic carbocycles. The molecule has 0 spiro atoms. The van der Waals surface area contributed by atoms with E-state index >= 15 is 0 Å². The molecule has 0 aliphatic carbocycles. The molecule has 140 valence electrons. The van der Waals surface area contributed by atoms with Crippen LogP contribution in [0.25, 0.3) is 0 Å². The first-order chi connectivity index (χ1) is 11.6. The minimum absolute atomic E-state index is 0.0209. The first-order valence-electron chi connectivity index (χ1n) is 7.88. The van der Waals surface area contributed by atoms with Crippen LogP contribution in [-0.2, 0) is 20.8 Å². The summed E-state index contributed by atoms with van der Waals surface area (Å²) in [5, 5.41) is 23.5. The maximum atomic E-state index is 12.4. The number of aromatic nitrogens is 2. The first-order valence-corrected chi connectivity index (χ1v) is 7.88. The van der Waals surface area contributed by atoms with E-state index in [9.17, 15) is 24.6 Å². The smallest absolute Gasteiger partial charge is 0.326 e. The van der Waals surface area contributed by atoms with Crippen LogP contribution in [0.2, 0.25) is 0 Å². The van der Waals surface area contributed by atoms with Gasteiger partial charge in [0.1, 0.15) is 18.1 Å². The van der Waals surface area contributed by atoms with E-state index in [0.717, 1.165) is 0 Å². The molecule has 0 aliphatic heterocycles. The molecule has 0 bridgehead atoms. The van der Waals surface area contributed by atoms with Gasteiger partial charge in [-0.1, -0.05) is 13.8 Å². The monoisotopic (exact) mass is 355 g/mol. The van der Waals surface area contributed by atoms with E-state index in [1.807, 2.05) is 0 Å². The van der Waals surface area contributed by atoms with Gasteiger partial charge in [0.15, 0.2) is 0 Å². The molecule has 4 atom stereocenters. The Bertz CT molecular complexity index is 587. The zero-order chi connectivity index (χ0) is 19.1. The average Bonchev–Trinajstić information content (AvgIpc) is 3.03. The van der Waals surface area contributed by atoms with Crippen LogP contribution in [0.15, 0.2) is 12.5 Å². The van der Waals surface area contributed by atoms with E-state index in [2.05, 4.69) is 20.6 Å². The molecule has 25 heavy (non-hydrogen) atoms. The van der Waals surface area contributed by atoms with Gasteiger partial charge in [-0.2, -0.15) is 0 Å². The van der Waals surface area contributed by atoms with Gasteiger partial charge in [0.2, 0.25) is 11.8 Å². The molecule has 7 N–H and O–H groups in total. The first kappa shape index (κ1) is 20.6. The van der Waals surface area contributed by atoms with Gasteiger partial charge in [-0.05, 0) is 12.8 Å². The molecular weight excluding hydrogens is 330 g/mol. The molecule has 1 aromatic rings. The van der Waals surface area contributed by atoms with Crippen molar-refractivity contribution in [2.75, 3.05) is 0 Å². The Morgan fingerprint density at radius 2 is 1.88 bits per heavy atom. The molecule has 0 unspecified atom stereocenters. The molecular formula is C15H25N5O5. The highest BCUT2D eigenvalue weighted by atomic mass is 16.4. The number of carbonyl (C=O) groups excluding carboxylic acids is 2. The number of carbonyl (C=O) groups is 3. The van der Waals surface area contributed by atoms with Gasteiger partial charge in [-0.15, -0.1) is 0 Å². The highest BCUT2D eigenvalue weighted by Crippen LogP contribution is 2.06. The predicted octanol–water partition coefficient (Wildman–Crippen LogP) is -1.63. The lowest BCUT2D eigenvalue weighted by molar-refractivity contribution is -0.142. The Hall–Kier alpha value is -2.46. The number of nitrogens with zero attached hydrogens (tertiary/aromatic N) is 1. The maximum Gasteiger partial charge on any atom is 0.326 e.